The van der Waals surface area contributed by atoms with E-state index in [1.54, 1.807) is 25.4 Å². The van der Waals surface area contributed by atoms with Crippen molar-refractivity contribution in [2.75, 3.05) is 23.8 Å². The highest BCUT2D eigenvalue weighted by molar-refractivity contribution is 5.99. The summed E-state index contributed by atoms with van der Waals surface area (Å²) >= 11 is 0. The summed E-state index contributed by atoms with van der Waals surface area (Å²) in [5, 5.41) is 5.42. The SMILES string of the molecule is CC(=O)N1CCC[C@]1(C)COc1ccc(-c2cncc(NC(=O)Nc3ccc(C)nc3)n2)cc1C. The van der Waals surface area contributed by atoms with Crippen LogP contribution in [0, 0.1) is 13.8 Å². The Kier molecular flexibility index (Phi) is 6.95. The van der Waals surface area contributed by atoms with E-state index >= 15 is 0 Å². The number of carbonyl (C=O) groups excluding carboxylic acids is 2. The Morgan fingerprint density at radius 3 is 2.66 bits per heavy atom. The second kappa shape index (κ2) is 10.1. The molecule has 0 unspecified atom stereocenters. The van der Waals surface area contributed by atoms with Crippen LogP contribution in [0.5, 0.6) is 5.75 Å². The Balaban J connectivity index is 1.42. The van der Waals surface area contributed by atoms with E-state index in [1.807, 2.05) is 43.0 Å². The minimum atomic E-state index is -0.429. The van der Waals surface area contributed by atoms with Crippen LogP contribution in [-0.2, 0) is 4.79 Å². The van der Waals surface area contributed by atoms with E-state index in [0.29, 0.717) is 23.8 Å². The molecule has 0 bridgehead atoms. The molecule has 0 aliphatic carbocycles. The van der Waals surface area contributed by atoms with Gasteiger partial charge in [-0.1, -0.05) is 0 Å². The van der Waals surface area contributed by atoms with Crippen LogP contribution < -0.4 is 15.4 Å². The second-order valence-corrected chi connectivity index (χ2v) is 9.10. The lowest BCUT2D eigenvalue weighted by molar-refractivity contribution is -0.133. The normalized spacial score (nSPS) is 17.2. The van der Waals surface area contributed by atoms with Gasteiger partial charge in [-0.2, -0.15) is 0 Å². The van der Waals surface area contributed by atoms with Crippen molar-refractivity contribution < 1.29 is 14.3 Å². The van der Waals surface area contributed by atoms with Crippen LogP contribution in [-0.4, -0.2) is 50.5 Å². The molecule has 9 heteroatoms. The smallest absolute Gasteiger partial charge is 0.324 e. The van der Waals surface area contributed by atoms with Gasteiger partial charge in [-0.15, -0.1) is 0 Å². The average Bonchev–Trinajstić information content (AvgIpc) is 3.22. The fourth-order valence-electron chi connectivity index (χ4n) is 4.30. The fourth-order valence-corrected chi connectivity index (χ4v) is 4.30. The summed E-state index contributed by atoms with van der Waals surface area (Å²) in [6.45, 7) is 8.75. The van der Waals surface area contributed by atoms with Crippen LogP contribution in [0.2, 0.25) is 0 Å². The van der Waals surface area contributed by atoms with Crippen molar-refractivity contribution in [1.82, 2.24) is 19.9 Å². The molecular weight excluding hydrogens is 444 g/mol. The van der Waals surface area contributed by atoms with E-state index in [4.69, 9.17) is 4.74 Å². The predicted molar refractivity (Wildman–Crippen MR) is 134 cm³/mol. The zero-order valence-electron chi connectivity index (χ0n) is 20.5. The summed E-state index contributed by atoms with van der Waals surface area (Å²) in [6, 6.07) is 8.96. The standard InChI is InChI=1S/C26H30N6O3/c1-17-12-20(7-9-23(17)35-16-26(4)10-5-11-32(26)19(3)33)22-14-27-15-24(30-22)31-25(34)29-21-8-6-18(2)28-13-21/h6-9,12-15H,5,10-11,16H2,1-4H3,(H2,29,30,31,34)/t26-/m1/s1. The summed E-state index contributed by atoms with van der Waals surface area (Å²) in [6.07, 6.45) is 6.64. The van der Waals surface area contributed by atoms with Gasteiger partial charge in [0.25, 0.3) is 0 Å². The number of hydrogen-bond acceptors (Lipinski definition) is 6. The number of nitrogens with one attached hydrogen (secondary N) is 2. The van der Waals surface area contributed by atoms with Crippen molar-refractivity contribution in [3.63, 3.8) is 0 Å². The van der Waals surface area contributed by atoms with E-state index in [0.717, 1.165) is 42.0 Å². The number of ether oxygens (including phenoxy) is 1. The average molecular weight is 475 g/mol. The molecule has 2 aromatic heterocycles. The summed E-state index contributed by atoms with van der Waals surface area (Å²) in [5.41, 5.74) is 3.58. The van der Waals surface area contributed by atoms with E-state index < -0.39 is 6.03 Å². The van der Waals surface area contributed by atoms with Gasteiger partial charge in [0.15, 0.2) is 5.82 Å². The molecule has 9 nitrogen and oxygen atoms in total. The van der Waals surface area contributed by atoms with E-state index in [-0.39, 0.29) is 11.4 Å². The molecule has 1 atom stereocenters. The van der Waals surface area contributed by atoms with E-state index in [9.17, 15) is 9.59 Å². The highest BCUT2D eigenvalue weighted by Gasteiger charge is 2.39. The Hall–Kier alpha value is -4.01. The maximum atomic E-state index is 12.3. The number of aromatic nitrogens is 3. The number of aryl methyl sites for hydroxylation is 2. The molecule has 1 fully saturated rings. The molecule has 182 valence electrons. The van der Waals surface area contributed by atoms with Gasteiger partial charge >= 0.3 is 6.03 Å². The quantitative estimate of drug-likeness (QED) is 0.541. The topological polar surface area (TPSA) is 109 Å². The van der Waals surface area contributed by atoms with Crippen molar-refractivity contribution in [3.05, 3.63) is 60.2 Å². The minimum absolute atomic E-state index is 0.0805. The van der Waals surface area contributed by atoms with Crippen LogP contribution in [0.4, 0.5) is 16.3 Å². The molecule has 4 rings (SSSR count). The number of pyridine rings is 1. The Morgan fingerprint density at radius 1 is 1.11 bits per heavy atom. The number of carbonyl (C=O) groups is 2. The summed E-state index contributed by atoms with van der Waals surface area (Å²) in [7, 11) is 0. The molecule has 1 aliphatic rings. The molecule has 3 heterocycles. The van der Waals surface area contributed by atoms with Crippen LogP contribution in [0.15, 0.2) is 48.9 Å². The fraction of sp³-hybridized carbons (Fsp3) is 0.346. The molecular formula is C26H30N6O3. The molecule has 0 spiro atoms. The van der Waals surface area contributed by atoms with E-state index in [1.165, 1.54) is 6.20 Å². The molecule has 35 heavy (non-hydrogen) atoms. The molecule has 2 N–H and O–H groups in total. The predicted octanol–water partition coefficient (Wildman–Crippen LogP) is 4.58. The number of amides is 3. The maximum Gasteiger partial charge on any atom is 0.324 e. The number of hydrogen-bond donors (Lipinski definition) is 2. The first kappa shape index (κ1) is 24.1. The zero-order chi connectivity index (χ0) is 25.0. The highest BCUT2D eigenvalue weighted by atomic mass is 16.5. The third-order valence-electron chi connectivity index (χ3n) is 6.18. The first-order valence-corrected chi connectivity index (χ1v) is 11.6. The van der Waals surface area contributed by atoms with Crippen LogP contribution in [0.1, 0.15) is 37.9 Å². The summed E-state index contributed by atoms with van der Waals surface area (Å²) < 4.78 is 6.13. The molecule has 3 amide bonds. The van der Waals surface area contributed by atoms with Gasteiger partial charge < -0.3 is 15.0 Å². The maximum absolute atomic E-state index is 12.3. The number of likely N-dealkylation sites (tertiary alicyclic amines) is 1. The molecule has 1 saturated heterocycles. The second-order valence-electron chi connectivity index (χ2n) is 9.10. The van der Waals surface area contributed by atoms with Crippen molar-refractivity contribution in [2.24, 2.45) is 0 Å². The molecule has 1 aromatic carbocycles. The Labute approximate surface area is 205 Å². The number of nitrogens with zero attached hydrogens (tertiary/aromatic N) is 4. The molecule has 0 saturated carbocycles. The van der Waals surface area contributed by atoms with Crippen LogP contribution >= 0.6 is 0 Å². The van der Waals surface area contributed by atoms with Gasteiger partial charge in [0, 0.05) is 24.7 Å². The van der Waals surface area contributed by atoms with Crippen molar-refractivity contribution in [2.45, 2.75) is 46.1 Å². The lowest BCUT2D eigenvalue weighted by atomic mass is 10.00. The van der Waals surface area contributed by atoms with Crippen LogP contribution in [0.3, 0.4) is 0 Å². The largest absolute Gasteiger partial charge is 0.491 e. The molecule has 3 aromatic rings. The highest BCUT2D eigenvalue weighted by Crippen LogP contribution is 2.31. The Bertz CT molecular complexity index is 1230. The van der Waals surface area contributed by atoms with Gasteiger partial charge in [-0.3, -0.25) is 20.1 Å². The van der Waals surface area contributed by atoms with Gasteiger partial charge in [0.05, 0.1) is 35.5 Å². The summed E-state index contributed by atoms with van der Waals surface area (Å²) in [4.78, 5) is 39.1. The molecule has 1 aliphatic heterocycles. The Morgan fingerprint density at radius 2 is 1.94 bits per heavy atom. The van der Waals surface area contributed by atoms with Crippen molar-refractivity contribution in [1.29, 1.82) is 0 Å². The first-order valence-electron chi connectivity index (χ1n) is 11.6. The van der Waals surface area contributed by atoms with Gasteiger partial charge in [0.1, 0.15) is 12.4 Å². The first-order chi connectivity index (χ1) is 16.7. The van der Waals surface area contributed by atoms with Crippen molar-refractivity contribution >= 4 is 23.4 Å². The third-order valence-corrected chi connectivity index (χ3v) is 6.18. The molecule has 0 radical (unpaired) electrons. The van der Waals surface area contributed by atoms with Crippen LogP contribution in [0.25, 0.3) is 11.3 Å². The lowest BCUT2D eigenvalue weighted by Crippen LogP contribution is -2.48. The van der Waals surface area contributed by atoms with Gasteiger partial charge in [-0.05, 0) is 69.5 Å². The summed E-state index contributed by atoms with van der Waals surface area (Å²) in [5.74, 6) is 1.17. The zero-order valence-corrected chi connectivity index (χ0v) is 20.5. The number of rotatable bonds is 6. The lowest BCUT2D eigenvalue weighted by Gasteiger charge is -2.34. The van der Waals surface area contributed by atoms with Gasteiger partial charge in [-0.25, -0.2) is 9.78 Å². The van der Waals surface area contributed by atoms with E-state index in [2.05, 4.69) is 32.5 Å². The van der Waals surface area contributed by atoms with Gasteiger partial charge in [0.2, 0.25) is 5.91 Å². The number of urea groups is 1. The third kappa shape index (κ3) is 5.74. The number of anilines is 2. The minimum Gasteiger partial charge on any atom is -0.491 e. The monoisotopic (exact) mass is 474 g/mol. The number of benzene rings is 1. The van der Waals surface area contributed by atoms with Crippen molar-refractivity contribution in [3.8, 4) is 17.0 Å².